The quantitative estimate of drug-likeness (QED) is 0.574. The highest BCUT2D eigenvalue weighted by Gasteiger charge is 2.30. The number of methoxy groups -OCH3 is 1. The second-order valence-electron chi connectivity index (χ2n) is 7.98. The molecule has 2 aromatic rings. The van der Waals surface area contributed by atoms with Gasteiger partial charge in [0, 0.05) is 25.3 Å². The fourth-order valence-corrected chi connectivity index (χ4v) is 5.95. The van der Waals surface area contributed by atoms with E-state index in [1.54, 1.807) is 23.1 Å². The minimum atomic E-state index is -3.52. The maximum Gasteiger partial charge on any atom is 0.337 e. The van der Waals surface area contributed by atoms with Crippen LogP contribution in [0.25, 0.3) is 0 Å². The topological polar surface area (TPSA) is 93.2 Å². The van der Waals surface area contributed by atoms with E-state index in [0.29, 0.717) is 31.7 Å². The molecule has 0 atom stereocenters. The molecule has 0 aromatic heterocycles. The van der Waals surface area contributed by atoms with Crippen LogP contribution in [0.5, 0.6) is 5.75 Å². The van der Waals surface area contributed by atoms with Gasteiger partial charge in [-0.05, 0) is 67.6 Å². The first-order chi connectivity index (χ1) is 15.8. The average Bonchev–Trinajstić information content (AvgIpc) is 3.37. The van der Waals surface area contributed by atoms with E-state index in [1.165, 1.54) is 29.6 Å². The third kappa shape index (κ3) is 4.85. The van der Waals surface area contributed by atoms with Crippen LogP contribution in [-0.4, -0.2) is 58.0 Å². The van der Waals surface area contributed by atoms with Crippen LogP contribution in [-0.2, 0) is 26.0 Å². The van der Waals surface area contributed by atoms with Crippen molar-refractivity contribution in [2.24, 2.45) is 0 Å². The van der Waals surface area contributed by atoms with Crippen molar-refractivity contribution in [1.29, 1.82) is 0 Å². The number of anilines is 1. The van der Waals surface area contributed by atoms with Crippen molar-refractivity contribution in [3.8, 4) is 5.75 Å². The zero-order chi connectivity index (χ0) is 23.6. The van der Waals surface area contributed by atoms with E-state index in [2.05, 4.69) is 4.74 Å². The van der Waals surface area contributed by atoms with Crippen LogP contribution in [0.2, 0.25) is 5.02 Å². The first-order valence-electron chi connectivity index (χ1n) is 10.8. The van der Waals surface area contributed by atoms with E-state index in [1.807, 2.05) is 0 Å². The number of amides is 1. The summed E-state index contributed by atoms with van der Waals surface area (Å²) in [6.45, 7) is 1.36. The number of carbonyl (C=O) groups excluding carboxylic acids is 2. The number of ether oxygens (including phenoxy) is 2. The number of carbonyl (C=O) groups is 2. The zero-order valence-electron chi connectivity index (χ0n) is 18.3. The highest BCUT2D eigenvalue weighted by molar-refractivity contribution is 7.89. The molecular formula is C23H25ClN2O6S. The molecule has 2 heterocycles. The summed E-state index contributed by atoms with van der Waals surface area (Å²) in [5.74, 6) is -0.503. The number of benzene rings is 2. The van der Waals surface area contributed by atoms with Crippen LogP contribution in [0.4, 0.5) is 5.69 Å². The van der Waals surface area contributed by atoms with Crippen LogP contribution in [0, 0.1) is 0 Å². The molecule has 0 spiro atoms. The molecule has 33 heavy (non-hydrogen) atoms. The van der Waals surface area contributed by atoms with E-state index in [0.717, 1.165) is 24.8 Å². The smallest absolute Gasteiger partial charge is 0.337 e. The summed E-state index contributed by atoms with van der Waals surface area (Å²) in [4.78, 5) is 26.4. The lowest BCUT2D eigenvalue weighted by Crippen LogP contribution is -2.38. The molecule has 0 aliphatic carbocycles. The second-order valence-corrected chi connectivity index (χ2v) is 10.3. The second kappa shape index (κ2) is 9.70. The van der Waals surface area contributed by atoms with Crippen molar-refractivity contribution >= 4 is 39.2 Å². The largest absolute Gasteiger partial charge is 0.482 e. The Balaban J connectivity index is 1.48. The lowest BCUT2D eigenvalue weighted by molar-refractivity contribution is -0.120. The van der Waals surface area contributed by atoms with Crippen LogP contribution in [0.3, 0.4) is 0 Å². The fraction of sp³-hybridized carbons (Fsp3) is 0.391. The van der Waals surface area contributed by atoms with Gasteiger partial charge in [-0.3, -0.25) is 4.79 Å². The van der Waals surface area contributed by atoms with Gasteiger partial charge in [-0.15, -0.1) is 0 Å². The van der Waals surface area contributed by atoms with Gasteiger partial charge in [0.15, 0.2) is 6.61 Å². The predicted octanol–water partition coefficient (Wildman–Crippen LogP) is 3.27. The standard InChI is InChI=1S/C23H25ClN2O6S/c1-31-23(28)17-6-9-21(19(24)14-17)32-15-22(27)26-12-4-5-16-13-18(7-8-20(16)26)33(29,30)25-10-2-3-11-25/h6-9,13-14H,2-5,10-12,15H2,1H3. The van der Waals surface area contributed by atoms with Crippen molar-refractivity contribution in [2.75, 3.05) is 38.3 Å². The molecule has 176 valence electrons. The number of halogens is 1. The Kier molecular flexibility index (Phi) is 6.92. The fourth-order valence-electron chi connectivity index (χ4n) is 4.15. The number of nitrogens with zero attached hydrogens (tertiary/aromatic N) is 2. The van der Waals surface area contributed by atoms with Crippen molar-refractivity contribution in [2.45, 2.75) is 30.6 Å². The summed E-state index contributed by atoms with van der Waals surface area (Å²) in [5.41, 5.74) is 1.81. The summed E-state index contributed by atoms with van der Waals surface area (Å²) in [5, 5.41) is 0.196. The molecule has 8 nitrogen and oxygen atoms in total. The van der Waals surface area contributed by atoms with Gasteiger partial charge >= 0.3 is 5.97 Å². The summed E-state index contributed by atoms with van der Waals surface area (Å²) >= 11 is 6.18. The SMILES string of the molecule is COC(=O)c1ccc(OCC(=O)N2CCCc3cc(S(=O)(=O)N4CCCC4)ccc32)c(Cl)c1. The molecular weight excluding hydrogens is 468 g/mol. The molecule has 2 aliphatic heterocycles. The van der Waals surface area contributed by atoms with Gasteiger partial charge in [-0.1, -0.05) is 11.6 Å². The van der Waals surface area contributed by atoms with Gasteiger partial charge in [0.25, 0.3) is 5.91 Å². The molecule has 1 saturated heterocycles. The Hall–Kier alpha value is -2.62. The van der Waals surface area contributed by atoms with Gasteiger partial charge in [0.1, 0.15) is 5.75 Å². The van der Waals surface area contributed by atoms with Crippen molar-refractivity contribution in [3.05, 3.63) is 52.5 Å². The minimum Gasteiger partial charge on any atom is -0.482 e. The molecule has 0 bridgehead atoms. The Labute approximate surface area is 198 Å². The van der Waals surface area contributed by atoms with Gasteiger partial charge in [0.05, 0.1) is 22.6 Å². The molecule has 0 saturated carbocycles. The van der Waals surface area contributed by atoms with Gasteiger partial charge in [-0.25, -0.2) is 13.2 Å². The van der Waals surface area contributed by atoms with E-state index < -0.39 is 16.0 Å². The van der Waals surface area contributed by atoms with Gasteiger partial charge in [-0.2, -0.15) is 4.31 Å². The molecule has 2 aliphatic rings. The number of hydrogen-bond acceptors (Lipinski definition) is 6. The lowest BCUT2D eigenvalue weighted by Gasteiger charge is -2.30. The first kappa shape index (κ1) is 23.5. The van der Waals surface area contributed by atoms with Crippen molar-refractivity contribution in [3.63, 3.8) is 0 Å². The summed E-state index contributed by atoms with van der Waals surface area (Å²) in [6.07, 6.45) is 3.18. The summed E-state index contributed by atoms with van der Waals surface area (Å²) in [7, 11) is -2.24. The minimum absolute atomic E-state index is 0.196. The molecule has 0 N–H and O–H groups in total. The number of fused-ring (bicyclic) bond motifs is 1. The maximum atomic E-state index is 12.9. The van der Waals surface area contributed by atoms with Gasteiger partial charge < -0.3 is 14.4 Å². The van der Waals surface area contributed by atoms with Crippen LogP contribution >= 0.6 is 11.6 Å². The number of hydrogen-bond donors (Lipinski definition) is 0. The van der Waals surface area contributed by atoms with Crippen LogP contribution < -0.4 is 9.64 Å². The van der Waals surface area contributed by atoms with Crippen molar-refractivity contribution < 1.29 is 27.5 Å². The highest BCUT2D eigenvalue weighted by Crippen LogP contribution is 2.32. The Morgan fingerprint density at radius 2 is 1.79 bits per heavy atom. The van der Waals surface area contributed by atoms with Crippen LogP contribution in [0.15, 0.2) is 41.3 Å². The maximum absolute atomic E-state index is 12.9. The lowest BCUT2D eigenvalue weighted by atomic mass is 10.0. The Bertz CT molecular complexity index is 1180. The monoisotopic (exact) mass is 492 g/mol. The van der Waals surface area contributed by atoms with E-state index >= 15 is 0 Å². The third-order valence-corrected chi connectivity index (χ3v) is 8.07. The van der Waals surface area contributed by atoms with Gasteiger partial charge in [0.2, 0.25) is 10.0 Å². The number of rotatable bonds is 6. The number of aryl methyl sites for hydroxylation is 1. The molecule has 0 radical (unpaired) electrons. The zero-order valence-corrected chi connectivity index (χ0v) is 19.8. The molecule has 4 rings (SSSR count). The average molecular weight is 493 g/mol. The Morgan fingerprint density at radius 3 is 2.48 bits per heavy atom. The highest BCUT2D eigenvalue weighted by atomic mass is 35.5. The van der Waals surface area contributed by atoms with E-state index in [9.17, 15) is 18.0 Å². The number of esters is 1. The van der Waals surface area contributed by atoms with E-state index in [-0.39, 0.29) is 33.7 Å². The third-order valence-electron chi connectivity index (χ3n) is 5.88. The van der Waals surface area contributed by atoms with Crippen molar-refractivity contribution in [1.82, 2.24) is 4.31 Å². The summed E-state index contributed by atoms with van der Waals surface area (Å²) < 4.78 is 37.6. The number of sulfonamides is 1. The Morgan fingerprint density at radius 1 is 1.03 bits per heavy atom. The molecule has 2 aromatic carbocycles. The van der Waals surface area contributed by atoms with Crippen LogP contribution in [0.1, 0.15) is 35.2 Å². The predicted molar refractivity (Wildman–Crippen MR) is 123 cm³/mol. The first-order valence-corrected chi connectivity index (χ1v) is 12.6. The normalized spacial score (nSPS) is 16.4. The molecule has 1 fully saturated rings. The summed E-state index contributed by atoms with van der Waals surface area (Å²) in [6, 6.07) is 9.41. The molecule has 0 unspecified atom stereocenters. The molecule has 1 amide bonds. The molecule has 10 heteroatoms. The van der Waals surface area contributed by atoms with E-state index in [4.69, 9.17) is 16.3 Å².